The van der Waals surface area contributed by atoms with E-state index >= 15 is 0 Å². The first-order valence-corrected chi connectivity index (χ1v) is 9.76. The predicted octanol–water partition coefficient (Wildman–Crippen LogP) is 4.30. The second-order valence-corrected chi connectivity index (χ2v) is 7.34. The molecule has 5 rings (SSSR count). The molecule has 0 saturated carbocycles. The van der Waals surface area contributed by atoms with Gasteiger partial charge in [0.1, 0.15) is 11.5 Å². The van der Waals surface area contributed by atoms with Gasteiger partial charge in [-0.25, -0.2) is 23.3 Å². The minimum Gasteiger partial charge on any atom is -0.356 e. The molecule has 1 saturated heterocycles. The Balaban J connectivity index is 1.46. The molecule has 3 aromatic rings. The summed E-state index contributed by atoms with van der Waals surface area (Å²) in [7, 11) is 0. The first-order valence-electron chi connectivity index (χ1n) is 9.76. The van der Waals surface area contributed by atoms with Gasteiger partial charge in [-0.1, -0.05) is 6.08 Å². The lowest BCUT2D eigenvalue weighted by molar-refractivity contribution is 0.144. The van der Waals surface area contributed by atoms with E-state index in [4.69, 9.17) is 0 Å². The van der Waals surface area contributed by atoms with Gasteiger partial charge >= 0.3 is 0 Å². The Hall–Kier alpha value is -3.16. The van der Waals surface area contributed by atoms with E-state index in [1.165, 1.54) is 16.3 Å². The van der Waals surface area contributed by atoms with E-state index in [0.29, 0.717) is 17.3 Å². The van der Waals surface area contributed by atoms with E-state index in [1.807, 2.05) is 18.3 Å². The van der Waals surface area contributed by atoms with Crippen LogP contribution < -0.4 is 4.90 Å². The molecule has 6 nitrogen and oxygen atoms in total. The van der Waals surface area contributed by atoms with Gasteiger partial charge in [0.2, 0.25) is 0 Å². The number of aliphatic imine (C=N–C) groups is 1. The molecule has 148 valence electrons. The highest BCUT2D eigenvalue weighted by Crippen LogP contribution is 2.31. The second kappa shape index (κ2) is 7.35. The maximum absolute atomic E-state index is 13.1. The van der Waals surface area contributed by atoms with Crippen LogP contribution in [0.4, 0.5) is 14.6 Å². The average molecular weight is 394 g/mol. The minimum atomic E-state index is -2.62. The molecule has 1 atom stereocenters. The van der Waals surface area contributed by atoms with Gasteiger partial charge in [0.15, 0.2) is 5.65 Å². The summed E-state index contributed by atoms with van der Waals surface area (Å²) in [6, 6.07) is 6.71. The topological polar surface area (TPSA) is 58.7 Å². The van der Waals surface area contributed by atoms with Crippen LogP contribution in [0.2, 0.25) is 0 Å². The van der Waals surface area contributed by atoms with E-state index in [9.17, 15) is 8.78 Å². The van der Waals surface area contributed by atoms with Crippen LogP contribution in [-0.4, -0.2) is 38.9 Å². The Morgan fingerprint density at radius 1 is 1.14 bits per heavy atom. The molecule has 1 unspecified atom stereocenters. The normalized spacial score (nSPS) is 19.3. The average Bonchev–Trinajstić information content (AvgIpc) is 3.43. The maximum Gasteiger partial charge on any atom is 0.282 e. The molecular formula is C21H20F2N6. The van der Waals surface area contributed by atoms with Gasteiger partial charge in [-0.15, -0.1) is 0 Å². The Labute approximate surface area is 166 Å². The zero-order valence-electron chi connectivity index (χ0n) is 15.7. The number of aromatic nitrogens is 4. The van der Waals surface area contributed by atoms with E-state index in [2.05, 4.69) is 31.0 Å². The van der Waals surface area contributed by atoms with Crippen molar-refractivity contribution >= 4 is 17.7 Å². The molecule has 0 N–H and O–H groups in total. The van der Waals surface area contributed by atoms with Crippen molar-refractivity contribution in [1.82, 2.24) is 19.6 Å². The highest BCUT2D eigenvalue weighted by atomic mass is 19.3. The largest absolute Gasteiger partial charge is 0.356 e. The number of anilines is 1. The summed E-state index contributed by atoms with van der Waals surface area (Å²) in [5.41, 5.74) is 2.96. The summed E-state index contributed by atoms with van der Waals surface area (Å²) in [6.07, 6.45) is 8.07. The molecule has 0 spiro atoms. The monoisotopic (exact) mass is 394 g/mol. The number of pyridine rings is 1. The quantitative estimate of drug-likeness (QED) is 0.662. The molecule has 5 heterocycles. The summed E-state index contributed by atoms with van der Waals surface area (Å²) in [5.74, 6) is 1.29. The number of rotatable bonds is 4. The fourth-order valence-corrected chi connectivity index (χ4v) is 4.03. The summed E-state index contributed by atoms with van der Waals surface area (Å²) in [5, 5.41) is 4.06. The fourth-order valence-electron chi connectivity index (χ4n) is 4.03. The molecule has 8 heteroatoms. The smallest absolute Gasteiger partial charge is 0.282 e. The second-order valence-electron chi connectivity index (χ2n) is 7.34. The number of allylic oxidation sites excluding steroid dienone is 1. The third kappa shape index (κ3) is 3.39. The number of alkyl halides is 2. The predicted molar refractivity (Wildman–Crippen MR) is 107 cm³/mol. The van der Waals surface area contributed by atoms with Crippen LogP contribution in [0, 0.1) is 5.92 Å². The Kier molecular flexibility index (Phi) is 4.54. The van der Waals surface area contributed by atoms with Crippen molar-refractivity contribution in [3.8, 4) is 11.3 Å². The maximum atomic E-state index is 13.1. The summed E-state index contributed by atoms with van der Waals surface area (Å²) in [6.45, 7) is 1.81. The molecule has 3 aromatic heterocycles. The number of hydrogen-bond donors (Lipinski definition) is 0. The standard InChI is InChI=1S/C21H20F2N6/c22-21(23)17-5-6-19-26-12-18(29(19)27-17)14-7-9-25-20(11-14)28-10-2-3-15(13-28)16-4-1-8-24-16/h4-9,11-12,15,21H,1-3,10,13H2. The third-order valence-corrected chi connectivity index (χ3v) is 5.48. The minimum absolute atomic E-state index is 0.268. The van der Waals surface area contributed by atoms with Crippen LogP contribution in [0.25, 0.3) is 16.9 Å². The molecule has 0 bridgehead atoms. The third-order valence-electron chi connectivity index (χ3n) is 5.48. The SMILES string of the molecule is FC(F)c1ccc2ncc(-c3ccnc(N4CCCC(C5=CCC=N5)C4)c3)n2n1. The summed E-state index contributed by atoms with van der Waals surface area (Å²) in [4.78, 5) is 15.6. The van der Waals surface area contributed by atoms with Crippen LogP contribution in [0.5, 0.6) is 0 Å². The lowest BCUT2D eigenvalue weighted by Gasteiger charge is -2.33. The Bertz CT molecular complexity index is 1100. The Morgan fingerprint density at radius 3 is 2.90 bits per heavy atom. The lowest BCUT2D eigenvalue weighted by Crippen LogP contribution is -2.36. The summed E-state index contributed by atoms with van der Waals surface area (Å²) >= 11 is 0. The lowest BCUT2D eigenvalue weighted by atomic mass is 9.94. The number of imidazole rings is 1. The number of fused-ring (bicyclic) bond motifs is 1. The van der Waals surface area contributed by atoms with E-state index in [0.717, 1.165) is 43.7 Å². The van der Waals surface area contributed by atoms with Crippen molar-refractivity contribution in [1.29, 1.82) is 0 Å². The summed E-state index contributed by atoms with van der Waals surface area (Å²) < 4.78 is 27.6. The highest BCUT2D eigenvalue weighted by molar-refractivity contribution is 5.67. The van der Waals surface area contributed by atoms with Crippen molar-refractivity contribution in [2.24, 2.45) is 10.9 Å². The molecule has 0 amide bonds. The van der Waals surface area contributed by atoms with Crippen molar-refractivity contribution in [3.63, 3.8) is 0 Å². The van der Waals surface area contributed by atoms with Crippen molar-refractivity contribution in [2.75, 3.05) is 18.0 Å². The first-order chi connectivity index (χ1) is 14.2. The van der Waals surface area contributed by atoms with Crippen LogP contribution >= 0.6 is 0 Å². The van der Waals surface area contributed by atoms with Crippen molar-refractivity contribution in [3.05, 3.63) is 54.1 Å². The van der Waals surface area contributed by atoms with Gasteiger partial charge in [-0.3, -0.25) is 4.99 Å². The van der Waals surface area contributed by atoms with Crippen molar-refractivity contribution in [2.45, 2.75) is 25.7 Å². The van der Waals surface area contributed by atoms with Gasteiger partial charge < -0.3 is 4.90 Å². The zero-order valence-corrected chi connectivity index (χ0v) is 15.7. The van der Waals surface area contributed by atoms with E-state index in [1.54, 1.807) is 18.5 Å². The molecule has 29 heavy (non-hydrogen) atoms. The van der Waals surface area contributed by atoms with Gasteiger partial charge in [0.25, 0.3) is 6.43 Å². The fraction of sp³-hybridized carbons (Fsp3) is 0.333. The van der Waals surface area contributed by atoms with Gasteiger partial charge in [0, 0.05) is 49.1 Å². The molecule has 2 aliphatic rings. The van der Waals surface area contributed by atoms with Crippen LogP contribution in [0.1, 0.15) is 31.4 Å². The molecule has 0 aliphatic carbocycles. The number of halogens is 2. The zero-order chi connectivity index (χ0) is 19.8. The van der Waals surface area contributed by atoms with Gasteiger partial charge in [-0.2, -0.15) is 5.10 Å². The van der Waals surface area contributed by atoms with Crippen LogP contribution in [0.3, 0.4) is 0 Å². The van der Waals surface area contributed by atoms with E-state index < -0.39 is 6.43 Å². The first kappa shape index (κ1) is 17.9. The molecule has 0 radical (unpaired) electrons. The van der Waals surface area contributed by atoms with E-state index in [-0.39, 0.29) is 5.69 Å². The van der Waals surface area contributed by atoms with Crippen LogP contribution in [0.15, 0.2) is 53.4 Å². The van der Waals surface area contributed by atoms with Crippen molar-refractivity contribution < 1.29 is 8.78 Å². The van der Waals surface area contributed by atoms with Gasteiger partial charge in [-0.05, 0) is 37.1 Å². The number of nitrogens with zero attached hydrogens (tertiary/aromatic N) is 6. The number of piperidine rings is 1. The number of hydrogen-bond acceptors (Lipinski definition) is 5. The molecule has 0 aromatic carbocycles. The molecular weight excluding hydrogens is 374 g/mol. The highest BCUT2D eigenvalue weighted by Gasteiger charge is 2.25. The van der Waals surface area contributed by atoms with Crippen LogP contribution in [-0.2, 0) is 0 Å². The molecule has 2 aliphatic heterocycles. The molecule has 1 fully saturated rings. The Morgan fingerprint density at radius 2 is 2.07 bits per heavy atom. The van der Waals surface area contributed by atoms with Gasteiger partial charge in [0.05, 0.1) is 11.9 Å².